The van der Waals surface area contributed by atoms with Gasteiger partial charge in [0.1, 0.15) is 0 Å². The second kappa shape index (κ2) is 9.17. The predicted molar refractivity (Wildman–Crippen MR) is 127 cm³/mol. The van der Waals surface area contributed by atoms with Gasteiger partial charge in [-0.3, -0.25) is 9.80 Å². The second-order valence-electron chi connectivity index (χ2n) is 13.2. The SMILES string of the molecule is CC(C)(CCC(C)(C)C1CCCN(C(C)(C)C)C1)OC1CCN(C(C)(C)C)CC1. The van der Waals surface area contributed by atoms with Crippen molar-refractivity contribution >= 4 is 0 Å². The van der Waals surface area contributed by atoms with Gasteiger partial charge in [-0.15, -0.1) is 0 Å². The Bertz CT molecular complexity index is 504. The third-order valence-electron chi connectivity index (χ3n) is 7.72. The van der Waals surface area contributed by atoms with Gasteiger partial charge in [-0.2, -0.15) is 0 Å². The van der Waals surface area contributed by atoms with Crippen molar-refractivity contribution in [2.24, 2.45) is 11.3 Å². The average molecular weight is 409 g/mol. The smallest absolute Gasteiger partial charge is 0.0630 e. The fraction of sp³-hybridized carbons (Fsp3) is 1.00. The van der Waals surface area contributed by atoms with Gasteiger partial charge in [0.05, 0.1) is 11.7 Å². The minimum Gasteiger partial charge on any atom is -0.372 e. The van der Waals surface area contributed by atoms with Gasteiger partial charge < -0.3 is 4.74 Å². The highest BCUT2D eigenvalue weighted by molar-refractivity contribution is 4.90. The highest BCUT2D eigenvalue weighted by Crippen LogP contribution is 2.41. The summed E-state index contributed by atoms with van der Waals surface area (Å²) in [5.74, 6) is 0.793. The third-order valence-corrected chi connectivity index (χ3v) is 7.72. The van der Waals surface area contributed by atoms with Gasteiger partial charge in [0.2, 0.25) is 0 Å². The molecule has 0 N–H and O–H groups in total. The molecule has 2 aliphatic rings. The number of nitrogens with zero attached hydrogens (tertiary/aromatic N) is 2. The van der Waals surface area contributed by atoms with Crippen LogP contribution >= 0.6 is 0 Å². The van der Waals surface area contributed by atoms with Crippen molar-refractivity contribution in [3.63, 3.8) is 0 Å². The monoisotopic (exact) mass is 408 g/mol. The van der Waals surface area contributed by atoms with Crippen LogP contribution in [0, 0.1) is 11.3 Å². The van der Waals surface area contributed by atoms with E-state index >= 15 is 0 Å². The van der Waals surface area contributed by atoms with Crippen LogP contribution in [0.4, 0.5) is 0 Å². The molecule has 2 heterocycles. The summed E-state index contributed by atoms with van der Waals surface area (Å²) in [5.41, 5.74) is 0.925. The number of hydrogen-bond acceptors (Lipinski definition) is 3. The largest absolute Gasteiger partial charge is 0.372 e. The van der Waals surface area contributed by atoms with Gasteiger partial charge in [-0.05, 0) is 112 Å². The minimum absolute atomic E-state index is 0.0236. The molecule has 3 nitrogen and oxygen atoms in total. The van der Waals surface area contributed by atoms with E-state index in [1.807, 2.05) is 0 Å². The van der Waals surface area contributed by atoms with E-state index in [1.54, 1.807) is 0 Å². The van der Waals surface area contributed by atoms with Crippen molar-refractivity contribution in [2.75, 3.05) is 26.2 Å². The lowest BCUT2D eigenvalue weighted by molar-refractivity contribution is -0.108. The molecule has 29 heavy (non-hydrogen) atoms. The quantitative estimate of drug-likeness (QED) is 0.508. The van der Waals surface area contributed by atoms with Crippen LogP contribution in [0.2, 0.25) is 0 Å². The molecule has 0 bridgehead atoms. The lowest BCUT2D eigenvalue weighted by Crippen LogP contribution is -2.50. The molecule has 0 aromatic carbocycles. The lowest BCUT2D eigenvalue weighted by atomic mass is 9.70. The van der Waals surface area contributed by atoms with Crippen LogP contribution < -0.4 is 0 Å². The Labute approximate surface area is 182 Å². The summed E-state index contributed by atoms with van der Waals surface area (Å²) in [6.45, 7) is 28.6. The molecule has 1 atom stereocenters. The number of ether oxygens (including phenoxy) is 1. The van der Waals surface area contributed by atoms with Gasteiger partial charge in [0.25, 0.3) is 0 Å². The molecule has 1 unspecified atom stereocenters. The van der Waals surface area contributed by atoms with Crippen LogP contribution in [0.15, 0.2) is 0 Å². The van der Waals surface area contributed by atoms with Crippen LogP contribution in [0.5, 0.6) is 0 Å². The lowest BCUT2D eigenvalue weighted by Gasteiger charge is -2.47. The number of piperidine rings is 2. The van der Waals surface area contributed by atoms with Crippen molar-refractivity contribution in [1.29, 1.82) is 0 Å². The summed E-state index contributed by atoms with van der Waals surface area (Å²) in [5, 5.41) is 0. The number of hydrogen-bond donors (Lipinski definition) is 0. The van der Waals surface area contributed by atoms with Gasteiger partial charge >= 0.3 is 0 Å². The molecule has 0 aromatic rings. The maximum Gasteiger partial charge on any atom is 0.0630 e. The fourth-order valence-corrected chi connectivity index (χ4v) is 5.21. The van der Waals surface area contributed by atoms with Crippen molar-refractivity contribution in [3.8, 4) is 0 Å². The van der Waals surface area contributed by atoms with E-state index in [2.05, 4.69) is 79.0 Å². The summed E-state index contributed by atoms with van der Waals surface area (Å²) in [7, 11) is 0. The molecule has 0 spiro atoms. The molecule has 2 rings (SSSR count). The first-order valence-electron chi connectivity index (χ1n) is 12.3. The predicted octanol–water partition coefficient (Wildman–Crippen LogP) is 6.36. The Morgan fingerprint density at radius 3 is 1.76 bits per heavy atom. The van der Waals surface area contributed by atoms with Crippen molar-refractivity contribution in [1.82, 2.24) is 9.80 Å². The Balaban J connectivity index is 1.84. The van der Waals surface area contributed by atoms with Crippen molar-refractivity contribution < 1.29 is 4.74 Å². The van der Waals surface area contributed by atoms with E-state index in [0.29, 0.717) is 17.1 Å². The molecular weight excluding hydrogens is 356 g/mol. The van der Waals surface area contributed by atoms with E-state index in [-0.39, 0.29) is 11.1 Å². The fourth-order valence-electron chi connectivity index (χ4n) is 5.21. The van der Waals surface area contributed by atoms with Crippen LogP contribution in [-0.2, 0) is 4.74 Å². The van der Waals surface area contributed by atoms with E-state index in [0.717, 1.165) is 12.3 Å². The first kappa shape index (κ1) is 25.1. The Morgan fingerprint density at radius 1 is 0.690 bits per heavy atom. The molecular formula is C26H52N2O. The number of likely N-dealkylation sites (tertiary alicyclic amines) is 2. The molecule has 0 amide bonds. The highest BCUT2D eigenvalue weighted by Gasteiger charge is 2.38. The maximum atomic E-state index is 6.66. The molecule has 0 aliphatic carbocycles. The highest BCUT2D eigenvalue weighted by atomic mass is 16.5. The molecule has 172 valence electrons. The van der Waals surface area contributed by atoms with E-state index < -0.39 is 0 Å². The van der Waals surface area contributed by atoms with E-state index in [9.17, 15) is 0 Å². The molecule has 2 saturated heterocycles. The Kier molecular flexibility index (Phi) is 7.95. The molecule has 0 aromatic heterocycles. The zero-order chi connectivity index (χ0) is 22.1. The first-order valence-corrected chi connectivity index (χ1v) is 12.3. The van der Waals surface area contributed by atoms with Crippen LogP contribution in [0.1, 0.15) is 108 Å². The average Bonchev–Trinajstić information content (AvgIpc) is 2.59. The van der Waals surface area contributed by atoms with E-state index in [1.165, 1.54) is 58.3 Å². The van der Waals surface area contributed by atoms with Gasteiger partial charge in [-0.25, -0.2) is 0 Å². The first-order chi connectivity index (χ1) is 13.1. The standard InChI is InChI=1S/C26H52N2O/c1-23(2,3)27-18-13-22(14-19-27)29-26(9,10)16-15-25(7,8)21-12-11-17-28(20-21)24(4,5)6/h21-22H,11-20H2,1-10H3. The second-order valence-corrected chi connectivity index (χ2v) is 13.2. The summed E-state index contributed by atoms with van der Waals surface area (Å²) in [6.07, 6.45) is 7.91. The third kappa shape index (κ3) is 7.51. The summed E-state index contributed by atoms with van der Waals surface area (Å²) in [4.78, 5) is 5.31. The van der Waals surface area contributed by atoms with E-state index in [4.69, 9.17) is 4.74 Å². The van der Waals surface area contributed by atoms with Crippen LogP contribution in [-0.4, -0.2) is 58.8 Å². The van der Waals surface area contributed by atoms with Gasteiger partial charge in [0.15, 0.2) is 0 Å². The Hall–Kier alpha value is -0.120. The summed E-state index contributed by atoms with van der Waals surface area (Å²) < 4.78 is 6.66. The molecule has 2 fully saturated rings. The van der Waals surface area contributed by atoms with Crippen molar-refractivity contribution in [2.45, 2.75) is 131 Å². The van der Waals surface area contributed by atoms with Crippen LogP contribution in [0.25, 0.3) is 0 Å². The normalized spacial score (nSPS) is 24.8. The molecule has 0 saturated carbocycles. The van der Waals surface area contributed by atoms with Crippen LogP contribution in [0.3, 0.4) is 0 Å². The topological polar surface area (TPSA) is 15.7 Å². The summed E-state index contributed by atoms with van der Waals surface area (Å²) >= 11 is 0. The Morgan fingerprint density at radius 2 is 1.24 bits per heavy atom. The van der Waals surface area contributed by atoms with Crippen molar-refractivity contribution in [3.05, 3.63) is 0 Å². The maximum absolute atomic E-state index is 6.66. The minimum atomic E-state index is -0.0236. The zero-order valence-corrected chi connectivity index (χ0v) is 21.5. The van der Waals surface area contributed by atoms with Gasteiger partial charge in [0, 0.05) is 30.7 Å². The molecule has 3 heteroatoms. The zero-order valence-electron chi connectivity index (χ0n) is 21.5. The number of rotatable bonds is 6. The summed E-state index contributed by atoms with van der Waals surface area (Å²) in [6, 6.07) is 0. The van der Waals surface area contributed by atoms with Gasteiger partial charge in [-0.1, -0.05) is 13.8 Å². The molecule has 0 radical (unpaired) electrons. The molecule has 2 aliphatic heterocycles.